The second-order valence-electron chi connectivity index (χ2n) is 5.26. The third-order valence-corrected chi connectivity index (χ3v) is 3.57. The standard InChI is InChI=1S/C18H26O5.H3OP/c1-5-7-9-13(18(20)23-12-6-2)17(19)16-14(21-3)10-8-11-15(16)22-4;1-2/h8,10-11,13H,5-7,9,12H2,1-4H3;2H3. The van der Waals surface area contributed by atoms with E-state index in [1.54, 1.807) is 18.2 Å². The Kier molecular flexibility index (Phi) is 12.5. The lowest BCUT2D eigenvalue weighted by molar-refractivity contribution is -0.147. The molecule has 0 aliphatic rings. The molecule has 0 spiro atoms. The first kappa shape index (κ1) is 23.2. The van der Waals surface area contributed by atoms with E-state index >= 15 is 0 Å². The van der Waals surface area contributed by atoms with Crippen LogP contribution >= 0.6 is 9.12 Å². The highest BCUT2D eigenvalue weighted by molar-refractivity contribution is 7.00. The first-order valence-electron chi connectivity index (χ1n) is 8.31. The van der Waals surface area contributed by atoms with Gasteiger partial charge in [-0.1, -0.05) is 32.8 Å². The van der Waals surface area contributed by atoms with E-state index in [4.69, 9.17) is 18.8 Å². The van der Waals surface area contributed by atoms with Crippen LogP contribution in [0.2, 0.25) is 0 Å². The molecule has 0 saturated heterocycles. The van der Waals surface area contributed by atoms with Gasteiger partial charge in [-0.2, -0.15) is 0 Å². The number of ether oxygens (including phenoxy) is 3. The molecule has 0 fully saturated rings. The summed E-state index contributed by atoms with van der Waals surface area (Å²) in [6, 6.07) is 5.11. The quantitative estimate of drug-likeness (QED) is 0.270. The van der Waals surface area contributed by atoms with Crippen molar-refractivity contribution >= 4 is 20.9 Å². The van der Waals surface area contributed by atoms with Crippen LogP contribution in [0, 0.1) is 5.92 Å². The van der Waals surface area contributed by atoms with Gasteiger partial charge in [0.1, 0.15) is 23.0 Å². The third kappa shape index (κ3) is 6.91. The van der Waals surface area contributed by atoms with E-state index in [1.165, 1.54) is 14.2 Å². The second kappa shape index (κ2) is 13.5. The monoisotopic (exact) mass is 372 g/mol. The Labute approximate surface area is 151 Å². The molecular formula is C18H29O6P. The minimum absolute atomic E-state index is 0.298. The highest BCUT2D eigenvalue weighted by atomic mass is 31.0. The van der Waals surface area contributed by atoms with Gasteiger partial charge in [0, 0.05) is 0 Å². The van der Waals surface area contributed by atoms with Crippen molar-refractivity contribution in [2.45, 2.75) is 39.5 Å². The predicted octanol–water partition coefficient (Wildman–Crippen LogP) is 3.59. The average molecular weight is 372 g/mol. The summed E-state index contributed by atoms with van der Waals surface area (Å²) in [7, 11) is 3.59. The molecule has 0 amide bonds. The number of esters is 1. The molecule has 1 rings (SSSR count). The van der Waals surface area contributed by atoms with Gasteiger partial charge >= 0.3 is 5.97 Å². The molecule has 0 aromatic heterocycles. The lowest BCUT2D eigenvalue weighted by Crippen LogP contribution is -2.27. The molecule has 0 aliphatic heterocycles. The number of rotatable bonds is 10. The molecule has 1 aromatic rings. The maximum atomic E-state index is 13.0. The number of Topliss-reactive ketones (excluding diaryl/α,β-unsaturated/α-hetero) is 1. The first-order chi connectivity index (χ1) is 12.1. The van der Waals surface area contributed by atoms with Crippen LogP contribution in [0.4, 0.5) is 0 Å². The largest absolute Gasteiger partial charge is 0.496 e. The lowest BCUT2D eigenvalue weighted by Gasteiger charge is -2.18. The molecule has 2 atom stereocenters. The average Bonchev–Trinajstić information content (AvgIpc) is 2.67. The van der Waals surface area contributed by atoms with Crippen molar-refractivity contribution in [3.8, 4) is 11.5 Å². The molecule has 0 heterocycles. The molecule has 0 aliphatic carbocycles. The fourth-order valence-electron chi connectivity index (χ4n) is 2.34. The van der Waals surface area contributed by atoms with Crippen LogP contribution in [-0.2, 0) is 14.1 Å². The summed E-state index contributed by atoms with van der Waals surface area (Å²) < 4.78 is 24.0. The van der Waals surface area contributed by atoms with Crippen molar-refractivity contribution in [2.75, 3.05) is 20.8 Å². The number of benzene rings is 1. The van der Waals surface area contributed by atoms with E-state index in [0.29, 0.717) is 39.2 Å². The minimum Gasteiger partial charge on any atom is -0.496 e. The maximum Gasteiger partial charge on any atom is 0.316 e. The molecule has 0 bridgehead atoms. The Morgan fingerprint density at radius 2 is 1.60 bits per heavy atom. The fourth-order valence-corrected chi connectivity index (χ4v) is 2.34. The molecule has 2 unspecified atom stereocenters. The van der Waals surface area contributed by atoms with Crippen LogP contribution in [-0.4, -0.2) is 32.6 Å². The van der Waals surface area contributed by atoms with Crippen LogP contribution in [0.1, 0.15) is 49.9 Å². The van der Waals surface area contributed by atoms with Crippen LogP contribution < -0.4 is 9.47 Å². The number of hydrogen-bond donors (Lipinski definition) is 0. The van der Waals surface area contributed by atoms with Gasteiger partial charge in [0.2, 0.25) is 0 Å². The molecule has 1 aromatic carbocycles. The SMILES string of the molecule is CCCCC(C(=O)OCCC)C(=O)c1c(OC)cccc1OC.O=[PH3]. The molecule has 25 heavy (non-hydrogen) atoms. The van der Waals surface area contributed by atoms with Gasteiger partial charge in [-0.15, -0.1) is 0 Å². The van der Waals surface area contributed by atoms with E-state index in [2.05, 4.69) is 0 Å². The Morgan fingerprint density at radius 3 is 2.04 bits per heavy atom. The Hall–Kier alpha value is -1.81. The number of methoxy groups -OCH3 is 2. The third-order valence-electron chi connectivity index (χ3n) is 3.57. The molecule has 7 heteroatoms. The summed E-state index contributed by atoms with van der Waals surface area (Å²) >= 11 is 0. The molecular weight excluding hydrogens is 343 g/mol. The first-order valence-corrected chi connectivity index (χ1v) is 8.89. The van der Waals surface area contributed by atoms with Crippen molar-refractivity contribution in [3.05, 3.63) is 23.8 Å². The normalized spacial score (nSPS) is 11.0. The fraction of sp³-hybridized carbons (Fsp3) is 0.556. The Balaban J connectivity index is 0.00000277. The predicted molar refractivity (Wildman–Crippen MR) is 99.9 cm³/mol. The molecule has 6 nitrogen and oxygen atoms in total. The van der Waals surface area contributed by atoms with Gasteiger partial charge in [0.15, 0.2) is 5.78 Å². The lowest BCUT2D eigenvalue weighted by atomic mass is 9.91. The Bertz CT molecular complexity index is 524. The zero-order chi connectivity index (χ0) is 19.2. The molecule has 0 N–H and O–H groups in total. The smallest absolute Gasteiger partial charge is 0.316 e. The topological polar surface area (TPSA) is 78.9 Å². The van der Waals surface area contributed by atoms with Gasteiger partial charge < -0.3 is 18.8 Å². The minimum atomic E-state index is -0.827. The van der Waals surface area contributed by atoms with Crippen LogP contribution in [0.5, 0.6) is 11.5 Å². The molecule has 142 valence electrons. The highest BCUT2D eigenvalue weighted by Crippen LogP contribution is 2.32. The van der Waals surface area contributed by atoms with Crippen molar-refractivity contribution in [3.63, 3.8) is 0 Å². The maximum absolute atomic E-state index is 13.0. The number of carbonyl (C=O) groups excluding carboxylic acids is 2. The van der Waals surface area contributed by atoms with Crippen LogP contribution in [0.15, 0.2) is 18.2 Å². The van der Waals surface area contributed by atoms with Gasteiger partial charge in [-0.25, -0.2) is 0 Å². The second-order valence-corrected chi connectivity index (χ2v) is 5.26. The number of hydrogen-bond acceptors (Lipinski definition) is 6. The molecule has 0 radical (unpaired) electrons. The van der Waals surface area contributed by atoms with Gasteiger partial charge in [0.05, 0.1) is 29.9 Å². The summed E-state index contributed by atoms with van der Waals surface area (Å²) in [5.41, 5.74) is 0.298. The van der Waals surface area contributed by atoms with Crippen molar-refractivity contribution in [1.82, 2.24) is 0 Å². The zero-order valence-corrected chi connectivity index (χ0v) is 16.9. The van der Waals surface area contributed by atoms with Crippen molar-refractivity contribution < 1.29 is 28.4 Å². The summed E-state index contributed by atoms with van der Waals surface area (Å²) in [6.45, 7) is 4.25. The van der Waals surface area contributed by atoms with Gasteiger partial charge in [-0.3, -0.25) is 9.59 Å². The van der Waals surface area contributed by atoms with E-state index in [-0.39, 0.29) is 5.78 Å². The molecule has 0 saturated carbocycles. The summed E-state index contributed by atoms with van der Waals surface area (Å²) in [5, 5.41) is 0. The number of ketones is 1. The summed E-state index contributed by atoms with van der Waals surface area (Å²) in [5.74, 6) is -0.808. The van der Waals surface area contributed by atoms with Gasteiger partial charge in [0.25, 0.3) is 0 Å². The number of unbranched alkanes of at least 4 members (excludes halogenated alkanes) is 1. The van der Waals surface area contributed by atoms with Crippen LogP contribution in [0.3, 0.4) is 0 Å². The van der Waals surface area contributed by atoms with E-state index in [1.807, 2.05) is 13.8 Å². The van der Waals surface area contributed by atoms with Crippen LogP contribution in [0.25, 0.3) is 0 Å². The summed E-state index contributed by atoms with van der Waals surface area (Å²) in [4.78, 5) is 25.3. The highest BCUT2D eigenvalue weighted by Gasteiger charge is 2.32. The van der Waals surface area contributed by atoms with Crippen molar-refractivity contribution in [2.24, 2.45) is 5.92 Å². The Morgan fingerprint density at radius 1 is 1.04 bits per heavy atom. The summed E-state index contributed by atoms with van der Waals surface area (Å²) in [6.07, 6.45) is 2.85. The number of carbonyl (C=O) groups is 2. The zero-order valence-electron chi connectivity index (χ0n) is 15.5. The van der Waals surface area contributed by atoms with E-state index < -0.39 is 11.9 Å². The van der Waals surface area contributed by atoms with E-state index in [9.17, 15) is 9.59 Å². The van der Waals surface area contributed by atoms with Gasteiger partial charge in [-0.05, 0) is 25.0 Å². The van der Waals surface area contributed by atoms with E-state index in [0.717, 1.165) is 19.3 Å². The van der Waals surface area contributed by atoms with Crippen molar-refractivity contribution in [1.29, 1.82) is 0 Å².